The van der Waals surface area contributed by atoms with Crippen LogP contribution in [0, 0.1) is 11.6 Å². The van der Waals surface area contributed by atoms with E-state index in [-0.39, 0.29) is 22.3 Å². The summed E-state index contributed by atoms with van der Waals surface area (Å²) < 4.78 is 27.5. The summed E-state index contributed by atoms with van der Waals surface area (Å²) in [5.41, 5.74) is -0.250. The molecule has 0 radical (unpaired) electrons. The second kappa shape index (κ2) is 9.82. The van der Waals surface area contributed by atoms with E-state index in [1.165, 1.54) is 17.9 Å². The zero-order valence-electron chi connectivity index (χ0n) is 15.2. The molecule has 0 saturated heterocycles. The highest BCUT2D eigenvalue weighted by atomic mass is 35.5. The van der Waals surface area contributed by atoms with E-state index in [1.54, 1.807) is 25.1 Å². The molecule has 0 aliphatic rings. The summed E-state index contributed by atoms with van der Waals surface area (Å²) in [7, 11) is 0. The van der Waals surface area contributed by atoms with Gasteiger partial charge in [-0.05, 0) is 37.7 Å². The number of carbonyl (C=O) groups excluding carboxylic acids is 2. The van der Waals surface area contributed by atoms with E-state index < -0.39 is 35.2 Å². The van der Waals surface area contributed by atoms with Crippen LogP contribution in [0.1, 0.15) is 13.8 Å². The van der Waals surface area contributed by atoms with Gasteiger partial charge in [-0.3, -0.25) is 14.5 Å². The van der Waals surface area contributed by atoms with Crippen LogP contribution < -0.4 is 10.6 Å². The third-order valence-corrected chi connectivity index (χ3v) is 4.75. The van der Waals surface area contributed by atoms with Crippen molar-refractivity contribution in [2.45, 2.75) is 19.9 Å². The molecule has 1 atom stereocenters. The molecule has 2 N–H and O–H groups in total. The minimum Gasteiger partial charge on any atom is -0.322 e. The van der Waals surface area contributed by atoms with Crippen molar-refractivity contribution >= 4 is 46.4 Å². The molecule has 0 fully saturated rings. The summed E-state index contributed by atoms with van der Waals surface area (Å²) >= 11 is 12.1. The van der Waals surface area contributed by atoms with Gasteiger partial charge in [-0.2, -0.15) is 0 Å². The van der Waals surface area contributed by atoms with Crippen LogP contribution in [0.4, 0.5) is 20.2 Å². The largest absolute Gasteiger partial charge is 0.322 e. The van der Waals surface area contributed by atoms with Gasteiger partial charge in [-0.1, -0.05) is 42.3 Å². The molecule has 0 saturated carbocycles. The Morgan fingerprint density at radius 1 is 1.00 bits per heavy atom. The molecule has 0 spiro atoms. The summed E-state index contributed by atoms with van der Waals surface area (Å²) in [6.45, 7) is 3.49. The maximum absolute atomic E-state index is 13.7. The Bertz CT molecular complexity index is 840. The van der Waals surface area contributed by atoms with Gasteiger partial charge in [0, 0.05) is 0 Å². The number of benzene rings is 2. The number of halogens is 4. The quantitative estimate of drug-likeness (QED) is 0.677. The number of likely N-dealkylation sites (N-methyl/N-ethyl adjacent to an activating group) is 1. The zero-order valence-corrected chi connectivity index (χ0v) is 16.7. The van der Waals surface area contributed by atoms with E-state index >= 15 is 0 Å². The van der Waals surface area contributed by atoms with E-state index in [4.69, 9.17) is 23.2 Å². The smallest absolute Gasteiger partial charge is 0.241 e. The lowest BCUT2D eigenvalue weighted by Crippen LogP contribution is -2.45. The molecule has 2 aromatic carbocycles. The van der Waals surface area contributed by atoms with Crippen LogP contribution in [-0.2, 0) is 9.59 Å². The predicted octanol–water partition coefficient (Wildman–Crippen LogP) is 4.56. The second-order valence-corrected chi connectivity index (χ2v) is 6.78. The van der Waals surface area contributed by atoms with Gasteiger partial charge in [0.1, 0.15) is 17.3 Å². The van der Waals surface area contributed by atoms with Crippen molar-refractivity contribution in [2.75, 3.05) is 23.7 Å². The van der Waals surface area contributed by atoms with E-state index in [9.17, 15) is 18.4 Å². The van der Waals surface area contributed by atoms with Crippen molar-refractivity contribution < 1.29 is 18.4 Å². The fourth-order valence-electron chi connectivity index (χ4n) is 2.51. The van der Waals surface area contributed by atoms with Gasteiger partial charge in [-0.15, -0.1) is 0 Å². The number of carbonyl (C=O) groups is 2. The first-order chi connectivity index (χ1) is 13.2. The Morgan fingerprint density at radius 3 is 2.07 bits per heavy atom. The minimum atomic E-state index is -0.880. The molecule has 0 bridgehead atoms. The molecule has 0 aliphatic heterocycles. The molecule has 28 heavy (non-hydrogen) atoms. The Hall–Kier alpha value is -2.22. The molecule has 2 rings (SSSR count). The highest BCUT2D eigenvalue weighted by Gasteiger charge is 2.24. The van der Waals surface area contributed by atoms with Crippen LogP contribution >= 0.6 is 23.2 Å². The van der Waals surface area contributed by atoms with Crippen molar-refractivity contribution in [2.24, 2.45) is 0 Å². The standard InChI is InChI=1S/C19H19Cl2F2N3O2/c1-3-26(10-16(27)24-17-12(20)6-4-7-13(17)21)11(2)19(28)25-18-14(22)8-5-9-15(18)23/h4-9,11H,3,10H2,1-2H3,(H,24,27)(H,25,28). The first-order valence-corrected chi connectivity index (χ1v) is 9.23. The molecule has 150 valence electrons. The van der Waals surface area contributed by atoms with Gasteiger partial charge >= 0.3 is 0 Å². The highest BCUT2D eigenvalue weighted by Crippen LogP contribution is 2.29. The average Bonchev–Trinajstić information content (AvgIpc) is 2.65. The van der Waals surface area contributed by atoms with E-state index in [1.807, 2.05) is 0 Å². The maximum Gasteiger partial charge on any atom is 0.241 e. The number of hydrogen-bond acceptors (Lipinski definition) is 3. The lowest BCUT2D eigenvalue weighted by molar-refractivity contribution is -0.123. The predicted molar refractivity (Wildman–Crippen MR) is 107 cm³/mol. The Labute approximate surface area is 171 Å². The minimum absolute atomic E-state index is 0.146. The van der Waals surface area contributed by atoms with E-state index in [2.05, 4.69) is 10.6 Å². The second-order valence-electron chi connectivity index (χ2n) is 5.97. The maximum atomic E-state index is 13.7. The van der Waals surface area contributed by atoms with E-state index in [0.717, 1.165) is 12.1 Å². The Kier molecular flexibility index (Phi) is 7.74. The number of nitrogens with zero attached hydrogens (tertiary/aromatic N) is 1. The SMILES string of the molecule is CCN(CC(=O)Nc1c(Cl)cccc1Cl)C(C)C(=O)Nc1c(F)cccc1F. The van der Waals surface area contributed by atoms with Crippen LogP contribution in [-0.4, -0.2) is 35.8 Å². The first kappa shape index (κ1) is 22.1. The number of hydrogen-bond donors (Lipinski definition) is 2. The van der Waals surface area contributed by atoms with Crippen LogP contribution in [0.15, 0.2) is 36.4 Å². The molecule has 0 aliphatic carbocycles. The number of rotatable bonds is 7. The van der Waals surface area contributed by atoms with Crippen molar-refractivity contribution in [3.63, 3.8) is 0 Å². The average molecular weight is 430 g/mol. The lowest BCUT2D eigenvalue weighted by Gasteiger charge is -2.26. The topological polar surface area (TPSA) is 61.4 Å². The van der Waals surface area contributed by atoms with Crippen molar-refractivity contribution in [3.8, 4) is 0 Å². The molecular formula is C19H19Cl2F2N3O2. The summed E-state index contributed by atoms with van der Waals surface area (Å²) in [5.74, 6) is -2.84. The van der Waals surface area contributed by atoms with Crippen LogP contribution in [0.2, 0.25) is 10.0 Å². The fraction of sp³-hybridized carbons (Fsp3) is 0.263. The molecule has 0 aromatic heterocycles. The molecule has 9 heteroatoms. The molecule has 2 amide bonds. The highest BCUT2D eigenvalue weighted by molar-refractivity contribution is 6.39. The van der Waals surface area contributed by atoms with Crippen molar-refractivity contribution in [1.82, 2.24) is 4.90 Å². The number of para-hydroxylation sites is 2. The molecule has 2 aromatic rings. The number of nitrogens with one attached hydrogen (secondary N) is 2. The Balaban J connectivity index is 2.05. The van der Waals surface area contributed by atoms with Gasteiger partial charge in [0.2, 0.25) is 11.8 Å². The van der Waals surface area contributed by atoms with Gasteiger partial charge in [-0.25, -0.2) is 8.78 Å². The zero-order chi connectivity index (χ0) is 20.8. The van der Waals surface area contributed by atoms with Crippen molar-refractivity contribution in [3.05, 3.63) is 58.1 Å². The lowest BCUT2D eigenvalue weighted by atomic mass is 10.2. The van der Waals surface area contributed by atoms with Crippen LogP contribution in [0.3, 0.4) is 0 Å². The first-order valence-electron chi connectivity index (χ1n) is 8.47. The third-order valence-electron chi connectivity index (χ3n) is 4.12. The van der Waals surface area contributed by atoms with Gasteiger partial charge in [0.05, 0.1) is 28.3 Å². The fourth-order valence-corrected chi connectivity index (χ4v) is 3.01. The summed E-state index contributed by atoms with van der Waals surface area (Å²) in [6, 6.07) is 7.28. The number of amides is 2. The summed E-state index contributed by atoms with van der Waals surface area (Å²) in [6.07, 6.45) is 0. The van der Waals surface area contributed by atoms with Gasteiger partial charge in [0.15, 0.2) is 0 Å². The van der Waals surface area contributed by atoms with E-state index in [0.29, 0.717) is 6.54 Å². The molecule has 5 nitrogen and oxygen atoms in total. The normalized spacial score (nSPS) is 12.0. The molecule has 1 unspecified atom stereocenters. The Morgan fingerprint density at radius 2 is 1.54 bits per heavy atom. The number of anilines is 2. The molecular weight excluding hydrogens is 411 g/mol. The molecule has 0 heterocycles. The summed E-state index contributed by atoms with van der Waals surface area (Å²) in [5, 5.41) is 5.40. The van der Waals surface area contributed by atoms with Crippen LogP contribution in [0.5, 0.6) is 0 Å². The van der Waals surface area contributed by atoms with Gasteiger partial charge < -0.3 is 10.6 Å². The monoisotopic (exact) mass is 429 g/mol. The van der Waals surface area contributed by atoms with Crippen LogP contribution in [0.25, 0.3) is 0 Å². The van der Waals surface area contributed by atoms with Crippen molar-refractivity contribution in [1.29, 1.82) is 0 Å². The summed E-state index contributed by atoms with van der Waals surface area (Å²) in [4.78, 5) is 26.3. The third kappa shape index (κ3) is 5.41. The van der Waals surface area contributed by atoms with Gasteiger partial charge in [0.25, 0.3) is 0 Å².